The first-order valence-electron chi connectivity index (χ1n) is 10.5. The Balaban J connectivity index is 1.28. The molecule has 0 atom stereocenters. The topological polar surface area (TPSA) is 106 Å². The Morgan fingerprint density at radius 2 is 1.84 bits per heavy atom. The molecule has 0 aliphatic carbocycles. The fourth-order valence-corrected chi connectivity index (χ4v) is 5.36. The normalized spacial score (nSPS) is 15.8. The van der Waals surface area contributed by atoms with Crippen LogP contribution >= 0.6 is 11.3 Å². The van der Waals surface area contributed by atoms with Crippen molar-refractivity contribution < 1.29 is 12.9 Å². The van der Waals surface area contributed by atoms with Gasteiger partial charge in [0.05, 0.1) is 16.8 Å². The standard InChI is InChI=1S/C21H24N6O3S2/c1-13(2)18-23-19(30-25-18)15-8-10-26(11-9-15)21-24-27-12-17(22-20(27)31-21)14-4-6-16(7-5-14)32(3,28)29/h4-7,12-13,15H,8-11H2,1-3H3. The zero-order valence-corrected chi connectivity index (χ0v) is 19.7. The summed E-state index contributed by atoms with van der Waals surface area (Å²) >= 11 is 1.55. The lowest BCUT2D eigenvalue weighted by Gasteiger charge is -2.29. The van der Waals surface area contributed by atoms with Crippen LogP contribution in [0.3, 0.4) is 0 Å². The molecule has 9 nitrogen and oxygen atoms in total. The van der Waals surface area contributed by atoms with E-state index in [-0.39, 0.29) is 11.8 Å². The quantitative estimate of drug-likeness (QED) is 0.432. The minimum absolute atomic E-state index is 0.265. The van der Waals surface area contributed by atoms with Gasteiger partial charge in [0.1, 0.15) is 0 Å². The van der Waals surface area contributed by atoms with E-state index < -0.39 is 9.84 Å². The van der Waals surface area contributed by atoms with Gasteiger partial charge in [-0.15, -0.1) is 5.10 Å². The molecule has 1 aromatic carbocycles. The summed E-state index contributed by atoms with van der Waals surface area (Å²) < 4.78 is 30.6. The van der Waals surface area contributed by atoms with Crippen LogP contribution in [0.15, 0.2) is 39.9 Å². The zero-order chi connectivity index (χ0) is 22.5. The van der Waals surface area contributed by atoms with Gasteiger partial charge >= 0.3 is 0 Å². The van der Waals surface area contributed by atoms with Crippen molar-refractivity contribution >= 4 is 31.3 Å². The Morgan fingerprint density at radius 3 is 2.44 bits per heavy atom. The largest absolute Gasteiger partial charge is 0.347 e. The first kappa shape index (κ1) is 21.1. The highest BCUT2D eigenvalue weighted by molar-refractivity contribution is 7.90. The summed E-state index contributed by atoms with van der Waals surface area (Å²) in [6.07, 6.45) is 4.97. The van der Waals surface area contributed by atoms with E-state index in [0.29, 0.717) is 4.90 Å². The Morgan fingerprint density at radius 1 is 1.12 bits per heavy atom. The van der Waals surface area contributed by atoms with Crippen molar-refractivity contribution in [3.05, 3.63) is 42.2 Å². The van der Waals surface area contributed by atoms with Gasteiger partial charge in [-0.05, 0) is 25.0 Å². The molecule has 168 valence electrons. The van der Waals surface area contributed by atoms with Crippen LogP contribution in [0.25, 0.3) is 16.2 Å². The van der Waals surface area contributed by atoms with Crippen LogP contribution in [0, 0.1) is 0 Å². The minimum atomic E-state index is -3.21. The van der Waals surface area contributed by atoms with Gasteiger partial charge < -0.3 is 9.42 Å². The zero-order valence-electron chi connectivity index (χ0n) is 18.1. The van der Waals surface area contributed by atoms with Gasteiger partial charge in [-0.2, -0.15) is 4.98 Å². The Labute approximate surface area is 190 Å². The number of rotatable bonds is 5. The molecular weight excluding hydrogens is 448 g/mol. The van der Waals surface area contributed by atoms with Crippen molar-refractivity contribution in [2.24, 2.45) is 0 Å². The average molecular weight is 473 g/mol. The van der Waals surface area contributed by atoms with Gasteiger partial charge in [-0.3, -0.25) is 0 Å². The van der Waals surface area contributed by atoms with E-state index in [1.807, 2.05) is 6.20 Å². The number of piperidine rings is 1. The molecule has 11 heteroatoms. The second-order valence-corrected chi connectivity index (χ2v) is 11.4. The predicted octanol–water partition coefficient (Wildman–Crippen LogP) is 3.75. The van der Waals surface area contributed by atoms with Crippen LogP contribution in [0.5, 0.6) is 0 Å². The van der Waals surface area contributed by atoms with Crippen LogP contribution in [-0.2, 0) is 9.84 Å². The third-order valence-electron chi connectivity index (χ3n) is 5.70. The molecule has 1 aliphatic rings. The van der Waals surface area contributed by atoms with Gasteiger partial charge in [-0.25, -0.2) is 17.9 Å². The number of benzene rings is 1. The molecular formula is C21H24N6O3S2. The van der Waals surface area contributed by atoms with Crippen LogP contribution < -0.4 is 4.90 Å². The Hall–Kier alpha value is -2.79. The molecule has 5 rings (SSSR count). The smallest absolute Gasteiger partial charge is 0.229 e. The van der Waals surface area contributed by atoms with Crippen molar-refractivity contribution in [1.82, 2.24) is 24.7 Å². The highest BCUT2D eigenvalue weighted by Crippen LogP contribution is 2.33. The number of hydrogen-bond donors (Lipinski definition) is 0. The molecule has 0 amide bonds. The molecule has 3 aromatic heterocycles. The summed E-state index contributed by atoms with van der Waals surface area (Å²) in [6, 6.07) is 6.76. The molecule has 32 heavy (non-hydrogen) atoms. The number of imidazole rings is 1. The van der Waals surface area contributed by atoms with Gasteiger partial charge in [0.2, 0.25) is 16.0 Å². The SMILES string of the molecule is CC(C)c1noc(C2CCN(c3nn4cc(-c5ccc(S(C)(=O)=O)cc5)nc4s3)CC2)n1. The second-order valence-electron chi connectivity index (χ2n) is 8.44. The monoisotopic (exact) mass is 472 g/mol. The Kier molecular flexibility index (Phi) is 5.25. The second kappa shape index (κ2) is 7.96. The summed E-state index contributed by atoms with van der Waals surface area (Å²) in [4.78, 5) is 12.6. The molecule has 0 radical (unpaired) electrons. The van der Waals surface area contributed by atoms with E-state index in [0.717, 1.165) is 59.0 Å². The first-order chi connectivity index (χ1) is 15.3. The van der Waals surface area contributed by atoms with E-state index in [9.17, 15) is 8.42 Å². The van der Waals surface area contributed by atoms with Crippen molar-refractivity contribution in [3.8, 4) is 11.3 Å². The summed E-state index contributed by atoms with van der Waals surface area (Å²) in [5, 5.41) is 9.75. The average Bonchev–Trinajstić information content (AvgIpc) is 3.48. The maximum atomic E-state index is 11.7. The van der Waals surface area contributed by atoms with Crippen molar-refractivity contribution in [1.29, 1.82) is 0 Å². The Bertz CT molecular complexity index is 1310. The highest BCUT2D eigenvalue weighted by Gasteiger charge is 2.27. The molecule has 0 saturated carbocycles. The lowest BCUT2D eigenvalue weighted by Crippen LogP contribution is -2.33. The summed E-state index contributed by atoms with van der Waals surface area (Å²) in [6.45, 7) is 5.87. The van der Waals surface area contributed by atoms with Crippen molar-refractivity contribution in [2.75, 3.05) is 24.2 Å². The number of fused-ring (bicyclic) bond motifs is 1. The summed E-state index contributed by atoms with van der Waals surface area (Å²) in [7, 11) is -3.21. The fourth-order valence-electron chi connectivity index (χ4n) is 3.79. The number of sulfone groups is 1. The van der Waals surface area contributed by atoms with E-state index in [1.165, 1.54) is 6.26 Å². The van der Waals surface area contributed by atoms with Crippen molar-refractivity contribution in [2.45, 2.75) is 43.4 Å². The molecule has 0 unspecified atom stereocenters. The minimum Gasteiger partial charge on any atom is -0.347 e. The highest BCUT2D eigenvalue weighted by atomic mass is 32.2. The molecule has 1 aliphatic heterocycles. The summed E-state index contributed by atoms with van der Waals surface area (Å²) in [5.74, 6) is 2.07. The fraction of sp³-hybridized carbons (Fsp3) is 0.429. The maximum absolute atomic E-state index is 11.7. The van der Waals surface area contributed by atoms with E-state index >= 15 is 0 Å². The van der Waals surface area contributed by atoms with Gasteiger partial charge in [0.25, 0.3) is 0 Å². The van der Waals surface area contributed by atoms with Gasteiger partial charge in [-0.1, -0.05) is 42.5 Å². The van der Waals surface area contributed by atoms with E-state index in [2.05, 4.69) is 33.9 Å². The van der Waals surface area contributed by atoms with Crippen molar-refractivity contribution in [3.63, 3.8) is 0 Å². The maximum Gasteiger partial charge on any atom is 0.229 e. The molecule has 4 aromatic rings. The number of nitrogens with zero attached hydrogens (tertiary/aromatic N) is 6. The lowest BCUT2D eigenvalue weighted by molar-refractivity contribution is 0.326. The molecule has 0 spiro atoms. The number of hydrogen-bond acceptors (Lipinski definition) is 9. The molecule has 1 saturated heterocycles. The van der Waals surface area contributed by atoms with Crippen LogP contribution in [0.1, 0.15) is 50.2 Å². The van der Waals surface area contributed by atoms with Gasteiger partial charge in [0, 0.05) is 36.7 Å². The third-order valence-corrected chi connectivity index (χ3v) is 7.81. The number of anilines is 1. The molecule has 0 N–H and O–H groups in total. The number of aromatic nitrogens is 5. The van der Waals surface area contributed by atoms with Crippen LogP contribution in [-0.4, -0.2) is 52.5 Å². The molecule has 4 heterocycles. The molecule has 0 bridgehead atoms. The third kappa shape index (κ3) is 4.02. The van der Waals surface area contributed by atoms with Crippen LogP contribution in [0.4, 0.5) is 5.13 Å². The molecule has 1 fully saturated rings. The van der Waals surface area contributed by atoms with Crippen LogP contribution in [0.2, 0.25) is 0 Å². The first-order valence-corrected chi connectivity index (χ1v) is 13.2. The predicted molar refractivity (Wildman–Crippen MR) is 122 cm³/mol. The summed E-state index contributed by atoms with van der Waals surface area (Å²) in [5.41, 5.74) is 1.63. The van der Waals surface area contributed by atoms with Gasteiger partial charge in [0.15, 0.2) is 15.7 Å². The van der Waals surface area contributed by atoms with E-state index in [4.69, 9.17) is 9.62 Å². The van der Waals surface area contributed by atoms with E-state index in [1.54, 1.807) is 40.1 Å². The lowest BCUT2D eigenvalue weighted by atomic mass is 9.97.